The molecule has 1 aromatic carbocycles. The Hall–Kier alpha value is -1.46. The summed E-state index contributed by atoms with van der Waals surface area (Å²) in [6.45, 7) is 6.04. The summed E-state index contributed by atoms with van der Waals surface area (Å²) in [5, 5.41) is 4.68. The van der Waals surface area contributed by atoms with Crippen LogP contribution in [-0.2, 0) is 11.8 Å². The summed E-state index contributed by atoms with van der Waals surface area (Å²) in [5.74, 6) is 0.637. The summed E-state index contributed by atoms with van der Waals surface area (Å²) in [4.78, 5) is 13.2. The van der Waals surface area contributed by atoms with Crippen molar-refractivity contribution in [2.24, 2.45) is 0 Å². The van der Waals surface area contributed by atoms with E-state index in [1.165, 1.54) is 0 Å². The van der Waals surface area contributed by atoms with Gasteiger partial charge in [-0.1, -0.05) is 36.9 Å². The van der Waals surface area contributed by atoms with Crippen molar-refractivity contribution in [3.63, 3.8) is 0 Å². The number of ketones is 1. The number of halogens is 1. The topological polar surface area (TPSA) is 52.1 Å². The molecule has 0 spiro atoms. The minimum absolute atomic E-state index is 0.0181. The molecule has 2 rings (SSSR count). The van der Waals surface area contributed by atoms with E-state index >= 15 is 0 Å². The summed E-state index contributed by atoms with van der Waals surface area (Å²) < 4.78 is 9.20. The van der Waals surface area contributed by atoms with Crippen molar-refractivity contribution in [2.45, 2.75) is 32.6 Å². The molecule has 0 radical (unpaired) electrons. The van der Waals surface area contributed by atoms with Crippen LogP contribution in [0.4, 0.5) is 0 Å². The van der Waals surface area contributed by atoms with Crippen molar-refractivity contribution < 1.29 is 9.53 Å². The first-order valence-corrected chi connectivity index (χ1v) is 7.66. The molecule has 0 aliphatic carbocycles. The van der Waals surface area contributed by atoms with E-state index in [0.29, 0.717) is 15.6 Å². The summed E-state index contributed by atoms with van der Waals surface area (Å²) in [6.07, 6.45) is 0.219. The number of hydrogen-bond donors (Lipinski definition) is 0. The number of nitrogens with zero attached hydrogens (tertiary/aromatic N) is 2. The van der Waals surface area contributed by atoms with E-state index < -0.39 is 0 Å². The lowest BCUT2D eigenvalue weighted by Crippen LogP contribution is -2.17. The van der Waals surface area contributed by atoms with E-state index in [9.17, 15) is 4.79 Å². The van der Waals surface area contributed by atoms with Gasteiger partial charge in [0.05, 0.1) is 12.8 Å². The fourth-order valence-corrected chi connectivity index (χ4v) is 3.01. The Morgan fingerprint density at radius 2 is 2.10 bits per heavy atom. The highest BCUT2D eigenvalue weighted by molar-refractivity contribution is 7.08. The minimum atomic E-state index is -0.212. The SMILES string of the molecule is COc1ccc(Cl)cc1CC(=O)c1snnc1C(C)(C)C. The maximum Gasteiger partial charge on any atom is 0.180 e. The number of rotatable bonds is 4. The van der Waals surface area contributed by atoms with Gasteiger partial charge in [0.15, 0.2) is 5.78 Å². The van der Waals surface area contributed by atoms with Crippen LogP contribution < -0.4 is 4.74 Å². The Kier molecular flexibility index (Phi) is 4.64. The number of ether oxygens (including phenoxy) is 1. The first kappa shape index (κ1) is 15.9. The lowest BCUT2D eigenvalue weighted by atomic mass is 9.90. The molecule has 112 valence electrons. The highest BCUT2D eigenvalue weighted by atomic mass is 35.5. The standard InChI is InChI=1S/C15H17ClN2O2S/c1-15(2,3)14-13(21-18-17-14)11(19)8-9-7-10(16)5-6-12(9)20-4/h5-7H,8H2,1-4H3. The van der Waals surface area contributed by atoms with Gasteiger partial charge in [-0.15, -0.1) is 5.10 Å². The molecular formula is C15H17ClN2O2S. The van der Waals surface area contributed by atoms with E-state index in [1.807, 2.05) is 20.8 Å². The van der Waals surface area contributed by atoms with Gasteiger partial charge in [0.1, 0.15) is 10.6 Å². The summed E-state index contributed by atoms with van der Waals surface area (Å²) in [5.41, 5.74) is 1.29. The Balaban J connectivity index is 2.31. The second kappa shape index (κ2) is 6.12. The predicted molar refractivity (Wildman–Crippen MR) is 84.6 cm³/mol. The van der Waals surface area contributed by atoms with Crippen LogP contribution in [-0.4, -0.2) is 22.5 Å². The largest absolute Gasteiger partial charge is 0.496 e. The average molecular weight is 325 g/mol. The van der Waals surface area contributed by atoms with E-state index in [0.717, 1.165) is 22.8 Å². The van der Waals surface area contributed by atoms with Gasteiger partial charge >= 0.3 is 0 Å². The fraction of sp³-hybridized carbons (Fsp3) is 0.400. The van der Waals surface area contributed by atoms with Gasteiger partial charge in [0.25, 0.3) is 0 Å². The lowest BCUT2D eigenvalue weighted by molar-refractivity contribution is 0.0993. The molecule has 0 amide bonds. The second-order valence-corrected chi connectivity index (χ2v) is 6.95. The van der Waals surface area contributed by atoms with Crippen LogP contribution in [0.15, 0.2) is 18.2 Å². The van der Waals surface area contributed by atoms with Crippen molar-refractivity contribution in [2.75, 3.05) is 7.11 Å². The third kappa shape index (κ3) is 3.60. The van der Waals surface area contributed by atoms with E-state index in [2.05, 4.69) is 9.59 Å². The lowest BCUT2D eigenvalue weighted by Gasteiger charge is -2.16. The fourth-order valence-electron chi connectivity index (χ4n) is 2.00. The number of hydrogen-bond acceptors (Lipinski definition) is 5. The molecule has 6 heteroatoms. The summed E-state index contributed by atoms with van der Waals surface area (Å²) in [7, 11) is 1.58. The van der Waals surface area contributed by atoms with Gasteiger partial charge < -0.3 is 4.74 Å². The molecule has 0 saturated heterocycles. The van der Waals surface area contributed by atoms with Crippen LogP contribution in [0.2, 0.25) is 5.02 Å². The molecule has 1 aromatic heterocycles. The zero-order valence-corrected chi connectivity index (χ0v) is 14.0. The predicted octanol–water partition coefficient (Wildman–Crippen LogP) is 3.92. The van der Waals surface area contributed by atoms with Crippen molar-refractivity contribution in [3.8, 4) is 5.75 Å². The second-order valence-electron chi connectivity index (χ2n) is 5.76. The van der Waals surface area contributed by atoms with E-state index in [1.54, 1.807) is 25.3 Å². The molecule has 21 heavy (non-hydrogen) atoms. The first-order chi connectivity index (χ1) is 9.82. The molecule has 0 aliphatic rings. The van der Waals surface area contributed by atoms with Gasteiger partial charge in [-0.25, -0.2) is 0 Å². The van der Waals surface area contributed by atoms with Crippen molar-refractivity contribution in [1.29, 1.82) is 0 Å². The molecular weight excluding hydrogens is 308 g/mol. The van der Waals surface area contributed by atoms with Crippen LogP contribution in [0.5, 0.6) is 5.75 Å². The van der Waals surface area contributed by atoms with Crippen molar-refractivity contribution >= 4 is 28.9 Å². The van der Waals surface area contributed by atoms with Gasteiger partial charge in [0.2, 0.25) is 0 Å². The van der Waals surface area contributed by atoms with Crippen LogP contribution >= 0.6 is 23.1 Å². The Bertz CT molecular complexity index is 662. The first-order valence-electron chi connectivity index (χ1n) is 6.51. The molecule has 0 saturated carbocycles. The number of carbonyl (C=O) groups is 1. The van der Waals surface area contributed by atoms with Gasteiger partial charge in [-0.2, -0.15) is 0 Å². The molecule has 0 aliphatic heterocycles. The highest BCUT2D eigenvalue weighted by Gasteiger charge is 2.26. The summed E-state index contributed by atoms with van der Waals surface area (Å²) >= 11 is 7.13. The highest BCUT2D eigenvalue weighted by Crippen LogP contribution is 2.29. The average Bonchev–Trinajstić information content (AvgIpc) is 2.88. The minimum Gasteiger partial charge on any atom is -0.496 e. The maximum absolute atomic E-state index is 12.6. The van der Waals surface area contributed by atoms with Crippen LogP contribution in [0.25, 0.3) is 0 Å². The van der Waals surface area contributed by atoms with E-state index in [4.69, 9.17) is 16.3 Å². The molecule has 1 heterocycles. The van der Waals surface area contributed by atoms with Crippen molar-refractivity contribution in [3.05, 3.63) is 39.4 Å². The Morgan fingerprint density at radius 3 is 2.71 bits per heavy atom. The quantitative estimate of drug-likeness (QED) is 0.800. The van der Waals surface area contributed by atoms with Crippen LogP contribution in [0.3, 0.4) is 0 Å². The smallest absolute Gasteiger partial charge is 0.180 e. The zero-order valence-electron chi connectivity index (χ0n) is 12.4. The third-order valence-electron chi connectivity index (χ3n) is 3.05. The van der Waals surface area contributed by atoms with Crippen LogP contribution in [0, 0.1) is 0 Å². The number of aromatic nitrogens is 2. The molecule has 0 atom stereocenters. The maximum atomic E-state index is 12.6. The van der Waals surface area contributed by atoms with Gasteiger partial charge in [-0.3, -0.25) is 4.79 Å². The molecule has 2 aromatic rings. The van der Waals surface area contributed by atoms with Crippen LogP contribution in [0.1, 0.15) is 41.7 Å². The molecule has 0 unspecified atom stereocenters. The number of methoxy groups -OCH3 is 1. The number of benzene rings is 1. The Morgan fingerprint density at radius 1 is 1.38 bits per heavy atom. The summed E-state index contributed by atoms with van der Waals surface area (Å²) in [6, 6.07) is 5.26. The normalized spacial score (nSPS) is 11.5. The number of Topliss-reactive ketones (excluding diaryl/α,β-unsaturated/α-hetero) is 1. The number of carbonyl (C=O) groups excluding carboxylic acids is 1. The Labute approximate surface area is 133 Å². The molecule has 0 N–H and O–H groups in total. The molecule has 0 fully saturated rings. The van der Waals surface area contributed by atoms with E-state index in [-0.39, 0.29) is 17.6 Å². The van der Waals surface area contributed by atoms with Gasteiger partial charge in [-0.05, 0) is 29.7 Å². The third-order valence-corrected chi connectivity index (χ3v) is 4.05. The van der Waals surface area contributed by atoms with Gasteiger partial charge in [0, 0.05) is 22.4 Å². The molecule has 4 nitrogen and oxygen atoms in total. The molecule has 0 bridgehead atoms. The van der Waals surface area contributed by atoms with Crippen molar-refractivity contribution in [1.82, 2.24) is 9.59 Å². The monoisotopic (exact) mass is 324 g/mol. The zero-order chi connectivity index (χ0) is 15.6.